The summed E-state index contributed by atoms with van der Waals surface area (Å²) in [7, 11) is 0. The summed E-state index contributed by atoms with van der Waals surface area (Å²) in [6.45, 7) is 1.35. The number of nitriles is 1. The summed E-state index contributed by atoms with van der Waals surface area (Å²) in [6, 6.07) is 16.1. The molecular weight excluding hydrogens is 316 g/mol. The summed E-state index contributed by atoms with van der Waals surface area (Å²) >= 11 is 0. The van der Waals surface area contributed by atoms with Crippen molar-refractivity contribution in [2.24, 2.45) is 11.7 Å². The number of rotatable bonds is 3. The van der Waals surface area contributed by atoms with Crippen LogP contribution in [0.15, 0.2) is 66.1 Å². The second kappa shape index (κ2) is 6.57. The number of pyridine rings is 1. The van der Waals surface area contributed by atoms with E-state index in [1.54, 1.807) is 42.5 Å². The highest BCUT2D eigenvalue weighted by Gasteiger charge is 2.45. The van der Waals surface area contributed by atoms with E-state index >= 15 is 0 Å². The van der Waals surface area contributed by atoms with Gasteiger partial charge in [0.05, 0.1) is 11.6 Å². The van der Waals surface area contributed by atoms with Crippen molar-refractivity contribution in [2.75, 3.05) is 4.90 Å². The van der Waals surface area contributed by atoms with Crippen LogP contribution < -0.4 is 10.6 Å². The third-order valence-corrected chi connectivity index (χ3v) is 4.24. The monoisotopic (exact) mass is 332 g/mol. The molecule has 0 bridgehead atoms. The molecule has 1 aliphatic heterocycles. The van der Waals surface area contributed by atoms with Crippen LogP contribution in [0.5, 0.6) is 0 Å². The molecule has 124 valence electrons. The van der Waals surface area contributed by atoms with E-state index in [1.807, 2.05) is 6.07 Å². The standard InChI is InChI=1S/C19H16N4O2/c1-12(24)16-17(13-7-3-2-4-8-13)14(11-20)18(21)23(19(16)25)15-9-5-6-10-22-15/h2-10,16-17H,21H2,1H3. The first-order valence-electron chi connectivity index (χ1n) is 7.76. The molecule has 2 aromatic rings. The van der Waals surface area contributed by atoms with Crippen molar-refractivity contribution >= 4 is 17.5 Å². The van der Waals surface area contributed by atoms with Crippen LogP contribution in [0.2, 0.25) is 0 Å². The van der Waals surface area contributed by atoms with Gasteiger partial charge in [-0.3, -0.25) is 9.59 Å². The molecule has 25 heavy (non-hydrogen) atoms. The number of anilines is 1. The molecule has 1 aromatic heterocycles. The Morgan fingerprint density at radius 2 is 1.88 bits per heavy atom. The van der Waals surface area contributed by atoms with Crippen LogP contribution in [0, 0.1) is 17.2 Å². The zero-order chi connectivity index (χ0) is 18.0. The molecule has 0 saturated carbocycles. The van der Waals surface area contributed by atoms with Gasteiger partial charge in [-0.15, -0.1) is 0 Å². The summed E-state index contributed by atoms with van der Waals surface area (Å²) in [5, 5.41) is 9.69. The lowest BCUT2D eigenvalue weighted by molar-refractivity contribution is -0.132. The molecule has 1 aliphatic rings. The zero-order valence-electron chi connectivity index (χ0n) is 13.6. The second-order valence-corrected chi connectivity index (χ2v) is 5.75. The molecule has 2 atom stereocenters. The number of benzene rings is 1. The van der Waals surface area contributed by atoms with Gasteiger partial charge in [0, 0.05) is 12.1 Å². The molecule has 2 N–H and O–H groups in total. The lowest BCUT2D eigenvalue weighted by atomic mass is 9.75. The number of nitrogens with two attached hydrogens (primary N) is 1. The Bertz CT molecular complexity index is 885. The predicted molar refractivity (Wildman–Crippen MR) is 91.9 cm³/mol. The predicted octanol–water partition coefficient (Wildman–Crippen LogP) is 2.11. The molecule has 0 fully saturated rings. The summed E-state index contributed by atoms with van der Waals surface area (Å²) in [4.78, 5) is 30.7. The van der Waals surface area contributed by atoms with E-state index in [2.05, 4.69) is 11.1 Å². The van der Waals surface area contributed by atoms with E-state index in [0.29, 0.717) is 5.56 Å². The molecule has 6 nitrogen and oxygen atoms in total. The maximum atomic E-state index is 13.1. The number of Topliss-reactive ketones (excluding diaryl/α,β-unsaturated/α-hetero) is 1. The highest BCUT2D eigenvalue weighted by molar-refractivity contribution is 6.11. The minimum absolute atomic E-state index is 0.0116. The number of hydrogen-bond donors (Lipinski definition) is 1. The summed E-state index contributed by atoms with van der Waals surface area (Å²) < 4.78 is 0. The maximum absolute atomic E-state index is 13.1. The van der Waals surface area contributed by atoms with Crippen molar-refractivity contribution in [2.45, 2.75) is 12.8 Å². The Labute approximate surface area is 145 Å². The van der Waals surface area contributed by atoms with Crippen LogP contribution in [-0.4, -0.2) is 16.7 Å². The van der Waals surface area contributed by atoms with E-state index in [4.69, 9.17) is 5.73 Å². The number of nitrogens with zero attached hydrogens (tertiary/aromatic N) is 3. The second-order valence-electron chi connectivity index (χ2n) is 5.75. The Morgan fingerprint density at radius 3 is 2.44 bits per heavy atom. The number of amides is 1. The van der Waals surface area contributed by atoms with Crippen LogP contribution in [0.4, 0.5) is 5.82 Å². The third-order valence-electron chi connectivity index (χ3n) is 4.24. The number of hydrogen-bond acceptors (Lipinski definition) is 5. The van der Waals surface area contributed by atoms with Crippen molar-refractivity contribution in [3.63, 3.8) is 0 Å². The largest absolute Gasteiger partial charge is 0.384 e. The highest BCUT2D eigenvalue weighted by atomic mass is 16.2. The molecule has 0 spiro atoms. The topological polar surface area (TPSA) is 100 Å². The van der Waals surface area contributed by atoms with Crippen molar-refractivity contribution in [3.8, 4) is 6.07 Å². The van der Waals surface area contributed by atoms with Gasteiger partial charge in [-0.2, -0.15) is 5.26 Å². The Balaban J connectivity index is 2.23. The van der Waals surface area contributed by atoms with Crippen molar-refractivity contribution < 1.29 is 9.59 Å². The van der Waals surface area contributed by atoms with Crippen molar-refractivity contribution in [1.82, 2.24) is 4.98 Å². The van der Waals surface area contributed by atoms with E-state index in [1.165, 1.54) is 13.1 Å². The van der Waals surface area contributed by atoms with Crippen molar-refractivity contribution in [1.29, 1.82) is 5.26 Å². The highest BCUT2D eigenvalue weighted by Crippen LogP contribution is 2.40. The number of ketones is 1. The van der Waals surface area contributed by atoms with Gasteiger partial charge in [0.2, 0.25) is 5.91 Å². The SMILES string of the molecule is CC(=O)C1C(=O)N(c2ccccn2)C(N)=C(C#N)C1c1ccccc1. The smallest absolute Gasteiger partial charge is 0.245 e. The first-order chi connectivity index (χ1) is 12.1. The first kappa shape index (κ1) is 16.4. The number of allylic oxidation sites excluding steroid dienone is 1. The normalized spacial score (nSPS) is 20.3. The average Bonchev–Trinajstić information content (AvgIpc) is 2.62. The van der Waals surface area contributed by atoms with Crippen molar-refractivity contribution in [3.05, 3.63) is 71.7 Å². The van der Waals surface area contributed by atoms with E-state index in [0.717, 1.165) is 4.90 Å². The molecule has 6 heteroatoms. The van der Waals surface area contributed by atoms with Gasteiger partial charge >= 0.3 is 0 Å². The molecule has 1 aromatic carbocycles. The Morgan fingerprint density at radius 1 is 1.20 bits per heavy atom. The first-order valence-corrected chi connectivity index (χ1v) is 7.76. The fourth-order valence-corrected chi connectivity index (χ4v) is 3.12. The van der Waals surface area contributed by atoms with Gasteiger partial charge in [-0.1, -0.05) is 36.4 Å². The third kappa shape index (κ3) is 2.76. The van der Waals surface area contributed by atoms with Crippen LogP contribution in [0.25, 0.3) is 0 Å². The molecule has 2 unspecified atom stereocenters. The fraction of sp³-hybridized carbons (Fsp3) is 0.158. The quantitative estimate of drug-likeness (QED) is 0.868. The van der Waals surface area contributed by atoms with Gasteiger partial charge in [-0.05, 0) is 24.6 Å². The molecule has 0 saturated heterocycles. The Kier molecular flexibility index (Phi) is 4.31. The van der Waals surface area contributed by atoms with Crippen LogP contribution >= 0.6 is 0 Å². The minimum atomic E-state index is -1.02. The van der Waals surface area contributed by atoms with Gasteiger partial charge in [0.1, 0.15) is 23.3 Å². The summed E-state index contributed by atoms with van der Waals surface area (Å²) in [5.41, 5.74) is 7.05. The lowest BCUT2D eigenvalue weighted by Crippen LogP contribution is -2.49. The molecule has 0 radical (unpaired) electrons. The van der Waals surface area contributed by atoms with E-state index < -0.39 is 17.7 Å². The van der Waals surface area contributed by atoms with Crippen LogP contribution in [-0.2, 0) is 9.59 Å². The summed E-state index contributed by atoms with van der Waals surface area (Å²) in [6.07, 6.45) is 1.52. The number of aromatic nitrogens is 1. The maximum Gasteiger partial charge on any atom is 0.245 e. The molecule has 3 rings (SSSR count). The number of carbonyl (C=O) groups is 2. The van der Waals surface area contributed by atoms with Gasteiger partial charge in [0.15, 0.2) is 0 Å². The van der Waals surface area contributed by atoms with Gasteiger partial charge in [-0.25, -0.2) is 9.88 Å². The molecule has 2 heterocycles. The Hall–Kier alpha value is -3.46. The molecule has 1 amide bonds. The van der Waals surface area contributed by atoms with Gasteiger partial charge in [0.25, 0.3) is 0 Å². The van der Waals surface area contributed by atoms with Gasteiger partial charge < -0.3 is 5.73 Å². The number of carbonyl (C=O) groups excluding carboxylic acids is 2. The minimum Gasteiger partial charge on any atom is -0.384 e. The fourth-order valence-electron chi connectivity index (χ4n) is 3.12. The van der Waals surface area contributed by atoms with E-state index in [9.17, 15) is 14.9 Å². The van der Waals surface area contributed by atoms with Crippen LogP contribution in [0.3, 0.4) is 0 Å². The molecule has 0 aliphatic carbocycles. The average molecular weight is 332 g/mol. The van der Waals surface area contributed by atoms with E-state index in [-0.39, 0.29) is 23.0 Å². The van der Waals surface area contributed by atoms with Crippen LogP contribution in [0.1, 0.15) is 18.4 Å². The lowest BCUT2D eigenvalue weighted by Gasteiger charge is -2.36. The summed E-state index contributed by atoms with van der Waals surface area (Å²) in [5.74, 6) is -2.22. The zero-order valence-corrected chi connectivity index (χ0v) is 13.6. The molecular formula is C19H16N4O2.